The molecule has 0 unspecified atom stereocenters. The van der Waals surface area contributed by atoms with E-state index in [0.717, 1.165) is 23.7 Å². The highest BCUT2D eigenvalue weighted by Gasteiger charge is 2.05. The van der Waals surface area contributed by atoms with E-state index in [1.807, 2.05) is 24.7 Å². The lowest BCUT2D eigenvalue weighted by Gasteiger charge is -2.10. The molecule has 1 aromatic carbocycles. The van der Waals surface area contributed by atoms with Crippen LogP contribution >= 0.6 is 11.8 Å². The summed E-state index contributed by atoms with van der Waals surface area (Å²) in [5.41, 5.74) is 3.47. The van der Waals surface area contributed by atoms with Crippen molar-refractivity contribution in [3.05, 3.63) is 54.4 Å². The fourth-order valence-corrected chi connectivity index (χ4v) is 2.67. The predicted octanol–water partition coefficient (Wildman–Crippen LogP) is 3.62. The molecule has 0 aliphatic carbocycles. The van der Waals surface area contributed by atoms with Crippen molar-refractivity contribution in [3.8, 4) is 0 Å². The van der Waals surface area contributed by atoms with E-state index in [1.165, 1.54) is 10.5 Å². The third kappa shape index (κ3) is 3.64. The van der Waals surface area contributed by atoms with E-state index >= 15 is 0 Å². The summed E-state index contributed by atoms with van der Waals surface area (Å²) in [4.78, 5) is 1.25. The maximum Gasteiger partial charge on any atom is 0.0643 e. The van der Waals surface area contributed by atoms with Crippen LogP contribution in [-0.2, 0) is 13.6 Å². The highest BCUT2D eigenvalue weighted by Crippen LogP contribution is 2.27. The molecule has 0 fully saturated rings. The molecule has 0 aliphatic rings. The van der Waals surface area contributed by atoms with Crippen LogP contribution in [0.1, 0.15) is 11.3 Å². The topological polar surface area (TPSA) is 29.9 Å². The third-order valence-corrected chi connectivity index (χ3v) is 3.90. The van der Waals surface area contributed by atoms with Crippen molar-refractivity contribution in [1.82, 2.24) is 9.78 Å². The Bertz CT molecular complexity index is 560. The molecule has 1 N–H and O–H groups in total. The summed E-state index contributed by atoms with van der Waals surface area (Å²) in [7, 11) is 1.95. The van der Waals surface area contributed by atoms with Crippen molar-refractivity contribution in [3.63, 3.8) is 0 Å². The lowest BCUT2D eigenvalue weighted by Crippen LogP contribution is -2.01. The number of nitrogens with zero attached hydrogens (tertiary/aromatic N) is 2. The second kappa shape index (κ2) is 6.48. The summed E-state index contributed by atoms with van der Waals surface area (Å²) in [6, 6.07) is 8.35. The molecule has 3 nitrogen and oxygen atoms in total. The van der Waals surface area contributed by atoms with Crippen LogP contribution in [0.2, 0.25) is 0 Å². The molecule has 0 atom stereocenters. The Balaban J connectivity index is 2.06. The molecule has 0 saturated heterocycles. The molecule has 19 heavy (non-hydrogen) atoms. The molecule has 0 amide bonds. The maximum atomic E-state index is 4.35. The standard InChI is InChI=1S/C15H19N3S/c1-4-9-19-15-8-6-5-7-14(15)16-10-13-11-18(3)17-12(13)2/h4-8,11,16H,1,9-10H2,2-3H3. The molecule has 4 heteroatoms. The zero-order chi connectivity index (χ0) is 13.7. The normalized spacial score (nSPS) is 10.4. The average molecular weight is 273 g/mol. The largest absolute Gasteiger partial charge is 0.380 e. The molecule has 100 valence electrons. The molecule has 0 radical (unpaired) electrons. The van der Waals surface area contributed by atoms with Gasteiger partial charge in [-0.2, -0.15) is 5.10 Å². The minimum atomic E-state index is 0.797. The van der Waals surface area contributed by atoms with E-state index in [4.69, 9.17) is 0 Å². The van der Waals surface area contributed by atoms with Crippen LogP contribution in [0, 0.1) is 6.92 Å². The Morgan fingerprint density at radius 3 is 2.89 bits per heavy atom. The van der Waals surface area contributed by atoms with Crippen molar-refractivity contribution >= 4 is 17.4 Å². The van der Waals surface area contributed by atoms with Gasteiger partial charge in [-0.3, -0.25) is 4.68 Å². The van der Waals surface area contributed by atoms with Crippen LogP contribution in [0.4, 0.5) is 5.69 Å². The molecular formula is C15H19N3S. The van der Waals surface area contributed by atoms with Gasteiger partial charge in [0.05, 0.1) is 5.69 Å². The van der Waals surface area contributed by atoms with Crippen LogP contribution in [0.3, 0.4) is 0 Å². The number of thioether (sulfide) groups is 1. The van der Waals surface area contributed by atoms with Gasteiger partial charge in [0.1, 0.15) is 0 Å². The summed E-state index contributed by atoms with van der Waals surface area (Å²) in [6.07, 6.45) is 3.98. The number of benzene rings is 1. The Kier molecular flexibility index (Phi) is 4.68. The minimum Gasteiger partial charge on any atom is -0.380 e. The number of aromatic nitrogens is 2. The average Bonchev–Trinajstić information content (AvgIpc) is 2.73. The van der Waals surface area contributed by atoms with Crippen LogP contribution in [0.25, 0.3) is 0 Å². The number of anilines is 1. The third-order valence-electron chi connectivity index (χ3n) is 2.83. The molecule has 0 saturated carbocycles. The smallest absolute Gasteiger partial charge is 0.0643 e. The zero-order valence-corrected chi connectivity index (χ0v) is 12.2. The van der Waals surface area contributed by atoms with E-state index in [0.29, 0.717) is 0 Å². The molecular weight excluding hydrogens is 254 g/mol. The number of hydrogen-bond acceptors (Lipinski definition) is 3. The quantitative estimate of drug-likeness (QED) is 0.644. The summed E-state index contributed by atoms with van der Waals surface area (Å²) in [5.74, 6) is 0.921. The first-order chi connectivity index (χ1) is 9.20. The fraction of sp³-hybridized carbons (Fsp3) is 0.267. The Morgan fingerprint density at radius 1 is 1.42 bits per heavy atom. The summed E-state index contributed by atoms with van der Waals surface area (Å²) in [6.45, 7) is 6.60. The molecule has 1 heterocycles. The highest BCUT2D eigenvalue weighted by atomic mass is 32.2. The van der Waals surface area contributed by atoms with Gasteiger partial charge in [0.2, 0.25) is 0 Å². The van der Waals surface area contributed by atoms with Gasteiger partial charge in [-0.15, -0.1) is 18.3 Å². The maximum absolute atomic E-state index is 4.35. The van der Waals surface area contributed by atoms with Gasteiger partial charge in [0.15, 0.2) is 0 Å². The summed E-state index contributed by atoms with van der Waals surface area (Å²) < 4.78 is 1.85. The van der Waals surface area contributed by atoms with Gasteiger partial charge in [-0.1, -0.05) is 18.2 Å². The van der Waals surface area contributed by atoms with Crippen LogP contribution in [-0.4, -0.2) is 15.5 Å². The van der Waals surface area contributed by atoms with Gasteiger partial charge < -0.3 is 5.32 Å². The van der Waals surface area contributed by atoms with Gasteiger partial charge in [0, 0.05) is 41.7 Å². The molecule has 2 aromatic rings. The van der Waals surface area contributed by atoms with E-state index in [2.05, 4.69) is 47.5 Å². The molecule has 0 aliphatic heterocycles. The first-order valence-electron chi connectivity index (χ1n) is 6.26. The van der Waals surface area contributed by atoms with Crippen molar-refractivity contribution in [2.75, 3.05) is 11.1 Å². The molecule has 0 bridgehead atoms. The van der Waals surface area contributed by atoms with Gasteiger partial charge >= 0.3 is 0 Å². The van der Waals surface area contributed by atoms with Crippen molar-refractivity contribution in [2.45, 2.75) is 18.4 Å². The van der Waals surface area contributed by atoms with E-state index in [9.17, 15) is 0 Å². The van der Waals surface area contributed by atoms with Crippen molar-refractivity contribution < 1.29 is 0 Å². The fourth-order valence-electron chi connectivity index (χ4n) is 1.90. The highest BCUT2D eigenvalue weighted by molar-refractivity contribution is 7.99. The Morgan fingerprint density at radius 2 is 2.21 bits per heavy atom. The summed E-state index contributed by atoms with van der Waals surface area (Å²) in [5, 5.41) is 7.84. The Labute approximate surface area is 118 Å². The van der Waals surface area contributed by atoms with Crippen molar-refractivity contribution in [2.24, 2.45) is 7.05 Å². The van der Waals surface area contributed by atoms with E-state index in [-0.39, 0.29) is 0 Å². The van der Waals surface area contributed by atoms with Gasteiger partial charge in [0.25, 0.3) is 0 Å². The second-order valence-electron chi connectivity index (χ2n) is 4.36. The summed E-state index contributed by atoms with van der Waals surface area (Å²) >= 11 is 1.79. The zero-order valence-electron chi connectivity index (χ0n) is 11.4. The minimum absolute atomic E-state index is 0.797. The molecule has 0 spiro atoms. The van der Waals surface area contributed by atoms with Crippen LogP contribution in [0.15, 0.2) is 48.0 Å². The van der Waals surface area contributed by atoms with Gasteiger partial charge in [-0.25, -0.2) is 0 Å². The predicted molar refractivity (Wildman–Crippen MR) is 82.6 cm³/mol. The first-order valence-corrected chi connectivity index (χ1v) is 7.25. The number of aryl methyl sites for hydroxylation is 2. The lowest BCUT2D eigenvalue weighted by molar-refractivity contribution is 0.756. The SMILES string of the molecule is C=CCSc1ccccc1NCc1cn(C)nc1C. The monoisotopic (exact) mass is 273 g/mol. The van der Waals surface area contributed by atoms with E-state index < -0.39 is 0 Å². The number of rotatable bonds is 6. The van der Waals surface area contributed by atoms with Crippen LogP contribution in [0.5, 0.6) is 0 Å². The molecule has 2 rings (SSSR count). The van der Waals surface area contributed by atoms with Gasteiger partial charge in [-0.05, 0) is 19.1 Å². The number of nitrogens with one attached hydrogen (secondary N) is 1. The van der Waals surface area contributed by atoms with Crippen LogP contribution < -0.4 is 5.32 Å². The molecule has 1 aromatic heterocycles. The Hall–Kier alpha value is -1.68. The number of hydrogen-bond donors (Lipinski definition) is 1. The number of para-hydroxylation sites is 1. The first kappa shape index (κ1) is 13.7. The second-order valence-corrected chi connectivity index (χ2v) is 5.42. The van der Waals surface area contributed by atoms with E-state index in [1.54, 1.807) is 11.8 Å². The van der Waals surface area contributed by atoms with Crippen molar-refractivity contribution in [1.29, 1.82) is 0 Å². The lowest BCUT2D eigenvalue weighted by atomic mass is 10.2.